The largest absolute Gasteiger partial charge is 0.423 e. The number of alkyl halides is 3. The Morgan fingerprint density at radius 2 is 2.04 bits per heavy atom. The van der Waals surface area contributed by atoms with Crippen LogP contribution in [0.4, 0.5) is 17.6 Å². The van der Waals surface area contributed by atoms with Crippen LogP contribution in [0.3, 0.4) is 0 Å². The zero-order valence-electron chi connectivity index (χ0n) is 14.2. The normalized spacial score (nSPS) is 22.0. The van der Waals surface area contributed by atoms with Gasteiger partial charge in [0.15, 0.2) is 0 Å². The molecule has 1 saturated heterocycles. The molecule has 1 aromatic rings. The molecular formula is C16H19F4N3O3. The first-order valence-corrected chi connectivity index (χ1v) is 7.94. The van der Waals surface area contributed by atoms with Crippen LogP contribution in [0.2, 0.25) is 0 Å². The highest BCUT2D eigenvalue weighted by Gasteiger charge is 2.46. The van der Waals surface area contributed by atoms with E-state index >= 15 is 0 Å². The van der Waals surface area contributed by atoms with Crippen molar-refractivity contribution in [2.24, 2.45) is 5.92 Å². The van der Waals surface area contributed by atoms with Gasteiger partial charge in [0.05, 0.1) is 6.20 Å². The Balaban J connectivity index is 2.03. The second-order valence-corrected chi connectivity index (χ2v) is 6.34. The summed E-state index contributed by atoms with van der Waals surface area (Å²) in [6.07, 6.45) is -6.89. The van der Waals surface area contributed by atoms with E-state index in [-0.39, 0.29) is 37.2 Å². The summed E-state index contributed by atoms with van der Waals surface area (Å²) in [6.45, 7) is 1.66. The number of carbonyl (C=O) groups is 2. The molecule has 144 valence electrons. The van der Waals surface area contributed by atoms with Crippen LogP contribution in [0.5, 0.6) is 0 Å². The van der Waals surface area contributed by atoms with Gasteiger partial charge in [0.1, 0.15) is 11.5 Å². The van der Waals surface area contributed by atoms with Crippen LogP contribution in [0.25, 0.3) is 0 Å². The molecule has 26 heavy (non-hydrogen) atoms. The van der Waals surface area contributed by atoms with Gasteiger partial charge in [0, 0.05) is 26.2 Å². The summed E-state index contributed by atoms with van der Waals surface area (Å²) in [6, 6.07) is 2.02. The maximum absolute atomic E-state index is 12.9. The van der Waals surface area contributed by atoms with Gasteiger partial charge in [0.25, 0.3) is 11.8 Å². The lowest BCUT2D eigenvalue weighted by atomic mass is 9.92. The van der Waals surface area contributed by atoms with Gasteiger partial charge >= 0.3 is 6.18 Å². The van der Waals surface area contributed by atoms with E-state index in [1.54, 1.807) is 6.92 Å². The number of hydrogen-bond donors (Lipinski definition) is 1. The first-order chi connectivity index (χ1) is 12.0. The van der Waals surface area contributed by atoms with Crippen LogP contribution in [0.1, 0.15) is 23.8 Å². The highest BCUT2D eigenvalue weighted by molar-refractivity contribution is 5.92. The number of pyridine rings is 1. The smallest absolute Gasteiger partial charge is 0.376 e. The number of aromatic nitrogens is 1. The standard InChI is InChI=1S/C16H19F4N3O3/c1-9-8-23(15(26)13(24)16(18,19)20)6-5-12(9)22(2)14(25)11-4-3-10(17)7-21-11/h3-4,7,9,12-13,24H,5-6,8H2,1-2H3/t9-,12+,13-/m1/s1. The first-order valence-electron chi connectivity index (χ1n) is 7.94. The molecule has 0 aliphatic carbocycles. The Bertz CT molecular complexity index is 666. The third kappa shape index (κ3) is 4.29. The minimum Gasteiger partial charge on any atom is -0.376 e. The van der Waals surface area contributed by atoms with Crippen LogP contribution >= 0.6 is 0 Å². The molecule has 0 unspecified atom stereocenters. The van der Waals surface area contributed by atoms with Crippen molar-refractivity contribution >= 4 is 11.8 Å². The van der Waals surface area contributed by atoms with Crippen molar-refractivity contribution in [2.75, 3.05) is 20.1 Å². The summed E-state index contributed by atoms with van der Waals surface area (Å²) in [5, 5.41) is 9.11. The van der Waals surface area contributed by atoms with E-state index in [9.17, 15) is 27.2 Å². The summed E-state index contributed by atoms with van der Waals surface area (Å²) in [5.41, 5.74) is 0.0482. The number of carbonyl (C=O) groups excluding carboxylic acids is 2. The van der Waals surface area contributed by atoms with Crippen molar-refractivity contribution < 1.29 is 32.3 Å². The summed E-state index contributed by atoms with van der Waals surface area (Å²) >= 11 is 0. The van der Waals surface area contributed by atoms with E-state index in [2.05, 4.69) is 4.98 Å². The molecule has 1 fully saturated rings. The van der Waals surface area contributed by atoms with E-state index in [0.29, 0.717) is 0 Å². The molecule has 1 N–H and O–H groups in total. The van der Waals surface area contributed by atoms with Crippen molar-refractivity contribution in [3.05, 3.63) is 29.8 Å². The van der Waals surface area contributed by atoms with Crippen molar-refractivity contribution in [1.29, 1.82) is 0 Å². The Morgan fingerprint density at radius 3 is 2.54 bits per heavy atom. The molecule has 1 aliphatic heterocycles. The quantitative estimate of drug-likeness (QED) is 0.810. The van der Waals surface area contributed by atoms with E-state index < -0.39 is 29.9 Å². The molecule has 0 bridgehead atoms. The average Bonchev–Trinajstić information content (AvgIpc) is 2.59. The lowest BCUT2D eigenvalue weighted by Crippen LogP contribution is -2.55. The number of piperidine rings is 1. The fraction of sp³-hybridized carbons (Fsp3) is 0.562. The number of likely N-dealkylation sites (tertiary alicyclic amines) is 1. The minimum atomic E-state index is -5.02. The average molecular weight is 377 g/mol. The molecule has 2 amide bonds. The lowest BCUT2D eigenvalue weighted by Gasteiger charge is -2.41. The summed E-state index contributed by atoms with van der Waals surface area (Å²) < 4.78 is 50.4. The number of aliphatic hydroxyl groups is 1. The Hall–Kier alpha value is -2.23. The molecule has 2 rings (SSSR count). The van der Waals surface area contributed by atoms with Gasteiger partial charge in [-0.1, -0.05) is 6.92 Å². The van der Waals surface area contributed by atoms with Crippen LogP contribution in [-0.2, 0) is 4.79 Å². The summed E-state index contributed by atoms with van der Waals surface area (Å²) in [4.78, 5) is 30.3. The molecular weight excluding hydrogens is 358 g/mol. The Labute approximate surface area is 147 Å². The van der Waals surface area contributed by atoms with Gasteiger partial charge in [-0.3, -0.25) is 9.59 Å². The molecule has 0 aromatic carbocycles. The molecule has 3 atom stereocenters. The van der Waals surface area contributed by atoms with Gasteiger partial charge in [-0.25, -0.2) is 9.37 Å². The molecule has 2 heterocycles. The summed E-state index contributed by atoms with van der Waals surface area (Å²) in [5.74, 6) is -2.73. The summed E-state index contributed by atoms with van der Waals surface area (Å²) in [7, 11) is 1.52. The van der Waals surface area contributed by atoms with Crippen molar-refractivity contribution in [2.45, 2.75) is 31.7 Å². The SMILES string of the molecule is C[C@@H]1CN(C(=O)[C@@H](O)C(F)(F)F)CC[C@@H]1N(C)C(=O)c1ccc(F)cn1. The second kappa shape index (κ2) is 7.56. The highest BCUT2D eigenvalue weighted by atomic mass is 19.4. The van der Waals surface area contributed by atoms with Crippen LogP contribution in [-0.4, -0.2) is 70.2 Å². The topological polar surface area (TPSA) is 73.7 Å². The number of nitrogens with zero attached hydrogens (tertiary/aromatic N) is 3. The molecule has 6 nitrogen and oxygen atoms in total. The lowest BCUT2D eigenvalue weighted by molar-refractivity contribution is -0.211. The third-order valence-electron chi connectivity index (χ3n) is 4.48. The van der Waals surface area contributed by atoms with E-state index in [0.717, 1.165) is 17.2 Å². The van der Waals surface area contributed by atoms with Crippen molar-refractivity contribution in [1.82, 2.24) is 14.8 Å². The molecule has 1 aliphatic rings. The van der Waals surface area contributed by atoms with E-state index in [4.69, 9.17) is 5.11 Å². The van der Waals surface area contributed by atoms with Crippen molar-refractivity contribution in [3.63, 3.8) is 0 Å². The zero-order chi connectivity index (χ0) is 19.6. The zero-order valence-corrected chi connectivity index (χ0v) is 14.2. The number of aliphatic hydroxyl groups excluding tert-OH is 1. The van der Waals surface area contributed by atoms with E-state index in [1.165, 1.54) is 18.0 Å². The number of hydrogen-bond acceptors (Lipinski definition) is 4. The molecule has 1 aromatic heterocycles. The number of halogens is 4. The van der Waals surface area contributed by atoms with Crippen LogP contribution < -0.4 is 0 Å². The fourth-order valence-electron chi connectivity index (χ4n) is 3.06. The maximum atomic E-state index is 12.9. The van der Waals surface area contributed by atoms with Gasteiger partial charge in [0.2, 0.25) is 6.10 Å². The van der Waals surface area contributed by atoms with Gasteiger partial charge < -0.3 is 14.9 Å². The van der Waals surface area contributed by atoms with Gasteiger partial charge in [-0.2, -0.15) is 13.2 Å². The maximum Gasteiger partial charge on any atom is 0.423 e. The molecule has 0 radical (unpaired) electrons. The predicted octanol–water partition coefficient (Wildman–Crippen LogP) is 1.45. The first kappa shape index (κ1) is 20.1. The molecule has 0 saturated carbocycles. The van der Waals surface area contributed by atoms with Crippen LogP contribution in [0.15, 0.2) is 18.3 Å². The van der Waals surface area contributed by atoms with Crippen molar-refractivity contribution in [3.8, 4) is 0 Å². The second-order valence-electron chi connectivity index (χ2n) is 6.34. The highest BCUT2D eigenvalue weighted by Crippen LogP contribution is 2.26. The van der Waals surface area contributed by atoms with Gasteiger partial charge in [-0.15, -0.1) is 0 Å². The number of rotatable bonds is 3. The molecule has 10 heteroatoms. The fourth-order valence-corrected chi connectivity index (χ4v) is 3.06. The molecule has 0 spiro atoms. The predicted molar refractivity (Wildman–Crippen MR) is 82.5 cm³/mol. The number of amides is 2. The van der Waals surface area contributed by atoms with Gasteiger partial charge in [-0.05, 0) is 24.5 Å². The Kier molecular flexibility index (Phi) is 5.84. The van der Waals surface area contributed by atoms with E-state index in [1.807, 2.05) is 0 Å². The monoisotopic (exact) mass is 377 g/mol. The Morgan fingerprint density at radius 1 is 1.38 bits per heavy atom. The third-order valence-corrected chi connectivity index (χ3v) is 4.48. The van der Waals surface area contributed by atoms with Crippen LogP contribution in [0, 0.1) is 11.7 Å². The minimum absolute atomic E-state index is 0.0184.